The normalized spacial score (nSPS) is 29.3. The van der Waals surface area contributed by atoms with Crippen LogP contribution in [-0.4, -0.2) is 186 Å². The summed E-state index contributed by atoms with van der Waals surface area (Å²) in [6.45, 7) is 8.16. The summed E-state index contributed by atoms with van der Waals surface area (Å²) in [4.78, 5) is 30.1. The molecular weight excluding hydrogens is 861 g/mol. The Kier molecular flexibility index (Phi) is 17.5. The van der Waals surface area contributed by atoms with E-state index in [1.165, 1.54) is 20.6 Å². The number of anilines is 2. The summed E-state index contributed by atoms with van der Waals surface area (Å²) < 4.78 is 28.7. The van der Waals surface area contributed by atoms with Crippen molar-refractivity contribution in [3.05, 3.63) is 24.3 Å². The van der Waals surface area contributed by atoms with E-state index >= 15 is 0 Å². The molecule has 7 heterocycles. The molecule has 0 spiro atoms. The lowest BCUT2D eigenvalue weighted by Crippen LogP contribution is -2.45. The number of nitrogens with zero attached hydrogens (tertiary/aromatic N) is 9. The van der Waals surface area contributed by atoms with Gasteiger partial charge in [-0.3, -0.25) is 13.9 Å². The van der Waals surface area contributed by atoms with E-state index in [9.17, 15) is 20.4 Å². The van der Waals surface area contributed by atoms with Gasteiger partial charge >= 0.3 is 0 Å². The van der Waals surface area contributed by atoms with Crippen LogP contribution in [0.5, 0.6) is 0 Å². The van der Waals surface area contributed by atoms with E-state index in [1.54, 1.807) is 47.8 Å². The number of aromatic nitrogens is 8. The summed E-state index contributed by atoms with van der Waals surface area (Å²) in [5.74, 6) is 2.50. The second-order valence-corrected chi connectivity index (χ2v) is 18.0. The Bertz CT molecular complexity index is 2120. The SMILES string of the molecule is CCC(C)N1CCC(NCc2nc(NC)c3ncn([C@@H]4O[C@H](COC)[C@@H](O)[C@H]4O)c3n2)CC1.CNc1nc(CNC2CCC(NSC)CC2)nc2c1ncn2[C@@H]1O[C@H](COC)[C@@H](O)[C@H]1O.[HH].[HH]. The first kappa shape index (κ1) is 49.5. The Morgan fingerprint density at radius 1 is 0.708 bits per heavy atom. The molecule has 23 heteroatoms. The summed E-state index contributed by atoms with van der Waals surface area (Å²) in [6.07, 6.45) is 5.87. The third kappa shape index (κ3) is 11.3. The van der Waals surface area contributed by atoms with E-state index in [1.807, 2.05) is 0 Å². The molecule has 65 heavy (non-hydrogen) atoms. The fraction of sp³-hybridized carbons (Fsp3) is 0.762. The Hall–Kier alpha value is -3.43. The van der Waals surface area contributed by atoms with Gasteiger partial charge in [-0.05, 0) is 71.2 Å². The van der Waals surface area contributed by atoms with Crippen molar-refractivity contribution >= 4 is 45.9 Å². The number of aliphatic hydroxyl groups is 4. The highest BCUT2D eigenvalue weighted by atomic mass is 32.2. The van der Waals surface area contributed by atoms with E-state index in [0.29, 0.717) is 82.9 Å². The number of hydrogen-bond acceptors (Lipinski definition) is 21. The number of aliphatic hydroxyl groups excluding tert-OH is 4. The molecule has 1 unspecified atom stereocenters. The van der Waals surface area contributed by atoms with Crippen LogP contribution in [0.4, 0.5) is 11.6 Å². The van der Waals surface area contributed by atoms with Crippen molar-refractivity contribution in [2.75, 3.05) is 71.5 Å². The molecule has 4 aromatic heterocycles. The van der Waals surface area contributed by atoms with Crippen LogP contribution in [0.2, 0.25) is 0 Å². The Morgan fingerprint density at radius 3 is 1.57 bits per heavy atom. The molecule has 0 aromatic carbocycles. The number of imidazole rings is 2. The molecule has 0 bridgehead atoms. The summed E-state index contributed by atoms with van der Waals surface area (Å²) in [5, 5.41) is 55.2. The van der Waals surface area contributed by atoms with Crippen LogP contribution >= 0.6 is 11.9 Å². The summed E-state index contributed by atoms with van der Waals surface area (Å²) in [6, 6.07) is 2.07. The third-order valence-electron chi connectivity index (χ3n) is 13.1. The van der Waals surface area contributed by atoms with Crippen molar-refractivity contribution in [1.29, 1.82) is 0 Å². The molecule has 3 aliphatic heterocycles. The zero-order valence-corrected chi connectivity index (χ0v) is 39.4. The predicted molar refractivity (Wildman–Crippen MR) is 250 cm³/mol. The minimum atomic E-state index is -1.12. The van der Waals surface area contributed by atoms with E-state index in [-0.39, 0.29) is 16.1 Å². The topological polar surface area (TPSA) is 268 Å². The average molecular weight is 935 g/mol. The molecule has 3 saturated heterocycles. The van der Waals surface area contributed by atoms with Crippen LogP contribution in [-0.2, 0) is 32.0 Å². The monoisotopic (exact) mass is 935 g/mol. The molecule has 0 amide bonds. The van der Waals surface area contributed by atoms with Gasteiger partial charge in [0.2, 0.25) is 0 Å². The van der Waals surface area contributed by atoms with Crippen LogP contribution in [0.25, 0.3) is 22.3 Å². The first-order valence-corrected chi connectivity index (χ1v) is 24.1. The van der Waals surface area contributed by atoms with Crippen molar-refractivity contribution < 1.29 is 42.2 Å². The molecule has 4 fully saturated rings. The van der Waals surface area contributed by atoms with Crippen LogP contribution in [0.15, 0.2) is 12.7 Å². The molecule has 0 radical (unpaired) electrons. The maximum absolute atomic E-state index is 10.6. The van der Waals surface area contributed by atoms with Gasteiger partial charge in [0.25, 0.3) is 0 Å². The number of nitrogens with one attached hydrogen (secondary N) is 5. The van der Waals surface area contributed by atoms with Gasteiger partial charge in [-0.2, -0.15) is 0 Å². The van der Waals surface area contributed by atoms with Crippen molar-refractivity contribution in [1.82, 2.24) is 59.3 Å². The minimum absolute atomic E-state index is 0. The van der Waals surface area contributed by atoms with Crippen molar-refractivity contribution in [2.45, 2.75) is 145 Å². The van der Waals surface area contributed by atoms with Crippen LogP contribution in [0, 0.1) is 0 Å². The number of likely N-dealkylation sites (tertiary alicyclic amines) is 1. The molecule has 22 nitrogen and oxygen atoms in total. The Balaban J connectivity index is 0.000000244. The standard InChI is InChI=1S/C22H37N7O4.C20H33N7O4S.2H2/c1-5-13(2)28-8-6-14(7-9-28)24-10-16-26-20(23-3)17-21(27-16)29(12-25-17)22-19(31)18(30)15(33-22)11-32-4;1-21-18-15-19(27(10-23-15)20-17(29)16(28)13(31-20)9-30-2)25-14(24-18)8-22-11-4-6-12(7-5-11)26-32-3;;/h12-15,18-19,22,24,30-31H,5-11H2,1-4H3,(H,23,26,27);10-13,16-17,20,22,26,28-29H,4-9H2,1-3H3,(H,21,24,25);2*1H/t13?,15-,18-,19-,22-;11?,12?,13-,16-,17-,20-;;/m11../s1. The first-order valence-electron chi connectivity index (χ1n) is 22.8. The largest absolute Gasteiger partial charge is 0.387 e. The van der Waals surface area contributed by atoms with E-state index in [2.05, 4.69) is 70.9 Å². The lowest BCUT2D eigenvalue weighted by molar-refractivity contribution is -0.0580. The van der Waals surface area contributed by atoms with Crippen molar-refractivity contribution in [2.24, 2.45) is 0 Å². The van der Waals surface area contributed by atoms with Crippen LogP contribution in [0.1, 0.15) is 85.8 Å². The van der Waals surface area contributed by atoms with E-state index in [0.717, 1.165) is 51.6 Å². The Morgan fingerprint density at radius 2 is 1.15 bits per heavy atom. The highest BCUT2D eigenvalue weighted by Crippen LogP contribution is 2.34. The number of rotatable bonds is 18. The molecule has 9 N–H and O–H groups in total. The molecule has 8 rings (SSSR count). The maximum Gasteiger partial charge on any atom is 0.168 e. The maximum atomic E-state index is 10.6. The number of fused-ring (bicyclic) bond motifs is 2. The number of methoxy groups -OCH3 is 2. The fourth-order valence-electron chi connectivity index (χ4n) is 9.18. The van der Waals surface area contributed by atoms with Gasteiger partial charge in [-0.25, -0.2) is 29.9 Å². The first-order chi connectivity index (χ1) is 31.5. The molecule has 4 aromatic rings. The second-order valence-electron chi connectivity index (χ2n) is 17.3. The third-order valence-corrected chi connectivity index (χ3v) is 13.7. The second kappa shape index (κ2) is 23.0. The highest BCUT2D eigenvalue weighted by molar-refractivity contribution is 7.96. The van der Waals surface area contributed by atoms with Gasteiger partial charge in [0.05, 0.1) is 39.0 Å². The lowest BCUT2D eigenvalue weighted by Gasteiger charge is -2.36. The molecule has 1 aliphatic carbocycles. The number of ether oxygens (including phenoxy) is 4. The van der Waals surface area contributed by atoms with Gasteiger partial charge < -0.3 is 65.5 Å². The highest BCUT2D eigenvalue weighted by Gasteiger charge is 2.45. The van der Waals surface area contributed by atoms with Gasteiger partial charge in [-0.1, -0.05) is 18.9 Å². The van der Waals surface area contributed by atoms with Crippen LogP contribution < -0.4 is 26.0 Å². The minimum Gasteiger partial charge on any atom is -0.387 e. The predicted octanol–water partition coefficient (Wildman–Crippen LogP) is 1.38. The van der Waals surface area contributed by atoms with E-state index in [4.69, 9.17) is 28.9 Å². The number of hydrogen-bond donors (Lipinski definition) is 9. The van der Waals surface area contributed by atoms with Crippen LogP contribution in [0.3, 0.4) is 0 Å². The van der Waals surface area contributed by atoms with Gasteiger partial charge in [0.15, 0.2) is 46.4 Å². The smallest absolute Gasteiger partial charge is 0.168 e. The molecule has 9 atom stereocenters. The van der Waals surface area contributed by atoms with Gasteiger partial charge in [0.1, 0.15) is 48.3 Å². The van der Waals surface area contributed by atoms with E-state index < -0.39 is 49.1 Å². The van der Waals surface area contributed by atoms with Crippen molar-refractivity contribution in [3.8, 4) is 0 Å². The number of piperidine rings is 1. The molecule has 1 saturated carbocycles. The molecule has 4 aliphatic rings. The summed E-state index contributed by atoms with van der Waals surface area (Å²) in [7, 11) is 6.64. The molecule has 366 valence electrons. The quantitative estimate of drug-likeness (QED) is 0.0638. The van der Waals surface area contributed by atoms with Gasteiger partial charge in [-0.15, -0.1) is 0 Å². The lowest BCUT2D eigenvalue weighted by atomic mass is 9.92. The molecular formula is C42H74N14O8S. The fourth-order valence-corrected chi connectivity index (χ4v) is 9.75. The zero-order valence-electron chi connectivity index (χ0n) is 38.6. The summed E-state index contributed by atoms with van der Waals surface area (Å²) >= 11 is 1.68. The van der Waals surface area contributed by atoms with Crippen molar-refractivity contribution in [3.63, 3.8) is 0 Å². The van der Waals surface area contributed by atoms with Gasteiger partial charge in [0, 0.05) is 55.3 Å². The summed E-state index contributed by atoms with van der Waals surface area (Å²) in [5.41, 5.74) is 2.26. The average Bonchev–Trinajstić information content (AvgIpc) is 4.09. The zero-order chi connectivity index (χ0) is 46.2. The Labute approximate surface area is 387 Å².